The lowest BCUT2D eigenvalue weighted by Crippen LogP contribution is -2.25. The van der Waals surface area contributed by atoms with Crippen molar-refractivity contribution in [3.63, 3.8) is 0 Å². The molecule has 0 aliphatic heterocycles. The minimum absolute atomic E-state index is 0.0605. The highest BCUT2D eigenvalue weighted by atomic mass is 16.5. The second kappa shape index (κ2) is 17.4. The van der Waals surface area contributed by atoms with E-state index < -0.39 is 0 Å². The predicted molar refractivity (Wildman–Crippen MR) is 87.4 cm³/mol. The van der Waals surface area contributed by atoms with Crippen LogP contribution in [-0.4, -0.2) is 37.4 Å². The van der Waals surface area contributed by atoms with Crippen LogP contribution in [-0.2, 0) is 9.53 Å². The summed E-state index contributed by atoms with van der Waals surface area (Å²) in [5.74, 6) is 0.153. The number of aliphatic hydroxyl groups is 1. The van der Waals surface area contributed by atoms with Gasteiger partial charge in [0.15, 0.2) is 0 Å². The van der Waals surface area contributed by atoms with Gasteiger partial charge in [-0.25, -0.2) is 0 Å². The molecular formula is C17H35NO3. The summed E-state index contributed by atoms with van der Waals surface area (Å²) in [4.78, 5) is 11.5. The third kappa shape index (κ3) is 17.3. The van der Waals surface area contributed by atoms with Gasteiger partial charge in [0.2, 0.25) is 5.91 Å². The molecule has 0 aromatic rings. The van der Waals surface area contributed by atoms with Crippen LogP contribution in [0.2, 0.25) is 0 Å². The Balaban J connectivity index is 3.12. The van der Waals surface area contributed by atoms with Crippen LogP contribution in [0.4, 0.5) is 0 Å². The fourth-order valence-electron chi connectivity index (χ4n) is 2.25. The normalized spacial score (nSPS) is 10.8. The molecule has 126 valence electrons. The maximum absolute atomic E-state index is 11.5. The molecule has 0 saturated carbocycles. The number of rotatable bonds is 16. The van der Waals surface area contributed by atoms with Crippen molar-refractivity contribution in [3.8, 4) is 0 Å². The molecule has 4 nitrogen and oxygen atoms in total. The molecule has 21 heavy (non-hydrogen) atoms. The molecule has 0 aromatic carbocycles. The van der Waals surface area contributed by atoms with Gasteiger partial charge in [0.1, 0.15) is 0 Å². The highest BCUT2D eigenvalue weighted by molar-refractivity contribution is 5.75. The number of hydrogen-bond acceptors (Lipinski definition) is 3. The van der Waals surface area contributed by atoms with Gasteiger partial charge in [0.25, 0.3) is 0 Å². The summed E-state index contributed by atoms with van der Waals surface area (Å²) < 4.78 is 5.12. The van der Waals surface area contributed by atoms with Gasteiger partial charge in [-0.2, -0.15) is 0 Å². The number of carbonyl (C=O) groups excluding carboxylic acids is 1. The average molecular weight is 301 g/mol. The van der Waals surface area contributed by atoms with Gasteiger partial charge in [-0.15, -0.1) is 0 Å². The summed E-state index contributed by atoms with van der Waals surface area (Å²) in [6, 6.07) is 0. The van der Waals surface area contributed by atoms with E-state index in [4.69, 9.17) is 9.84 Å². The van der Waals surface area contributed by atoms with Crippen LogP contribution in [0.15, 0.2) is 0 Å². The molecule has 0 radical (unpaired) electrons. The first-order valence-electron chi connectivity index (χ1n) is 8.76. The van der Waals surface area contributed by atoms with Crippen LogP contribution in [0.25, 0.3) is 0 Å². The smallest absolute Gasteiger partial charge is 0.219 e. The van der Waals surface area contributed by atoms with Crippen molar-refractivity contribution in [1.29, 1.82) is 0 Å². The van der Waals surface area contributed by atoms with Gasteiger partial charge in [0.05, 0.1) is 13.2 Å². The number of aliphatic hydroxyl groups excluding tert-OH is 1. The molecular weight excluding hydrogens is 266 g/mol. The molecule has 0 aromatic heterocycles. The first-order valence-corrected chi connectivity index (χ1v) is 8.76. The van der Waals surface area contributed by atoms with E-state index in [9.17, 15) is 4.79 Å². The summed E-state index contributed by atoms with van der Waals surface area (Å²) >= 11 is 0. The van der Waals surface area contributed by atoms with E-state index in [-0.39, 0.29) is 12.5 Å². The average Bonchev–Trinajstić information content (AvgIpc) is 2.49. The first-order chi connectivity index (χ1) is 10.3. The van der Waals surface area contributed by atoms with Crippen molar-refractivity contribution < 1.29 is 14.6 Å². The Morgan fingerprint density at radius 1 is 0.905 bits per heavy atom. The first kappa shape index (κ1) is 20.4. The summed E-state index contributed by atoms with van der Waals surface area (Å²) in [5, 5.41) is 11.4. The lowest BCUT2D eigenvalue weighted by molar-refractivity contribution is -0.121. The van der Waals surface area contributed by atoms with E-state index in [1.54, 1.807) is 0 Å². The fourth-order valence-corrected chi connectivity index (χ4v) is 2.25. The number of nitrogens with one attached hydrogen (secondary N) is 1. The van der Waals surface area contributed by atoms with Crippen molar-refractivity contribution in [3.05, 3.63) is 0 Å². The summed E-state index contributed by atoms with van der Waals surface area (Å²) in [7, 11) is 0. The minimum Gasteiger partial charge on any atom is -0.394 e. The van der Waals surface area contributed by atoms with Gasteiger partial charge in [-0.05, 0) is 12.8 Å². The van der Waals surface area contributed by atoms with Crippen LogP contribution in [0.3, 0.4) is 0 Å². The van der Waals surface area contributed by atoms with Crippen molar-refractivity contribution in [2.24, 2.45) is 0 Å². The molecule has 1 amide bonds. The lowest BCUT2D eigenvalue weighted by atomic mass is 10.1. The van der Waals surface area contributed by atoms with Crippen LogP contribution in [0, 0.1) is 0 Å². The maximum atomic E-state index is 11.5. The SMILES string of the molecule is CCCCCCCCCCCC(=O)NCCCOCCO. The second-order valence-electron chi connectivity index (χ2n) is 5.62. The largest absolute Gasteiger partial charge is 0.394 e. The highest BCUT2D eigenvalue weighted by Gasteiger charge is 2.00. The zero-order valence-corrected chi connectivity index (χ0v) is 13.9. The van der Waals surface area contributed by atoms with Crippen molar-refractivity contribution in [2.75, 3.05) is 26.4 Å². The molecule has 0 spiro atoms. The molecule has 0 rings (SSSR count). The van der Waals surface area contributed by atoms with Crippen LogP contribution in [0.1, 0.15) is 77.6 Å². The minimum atomic E-state index is 0.0605. The van der Waals surface area contributed by atoms with E-state index in [0.29, 0.717) is 26.2 Å². The van der Waals surface area contributed by atoms with Gasteiger partial charge < -0.3 is 15.2 Å². The van der Waals surface area contributed by atoms with Gasteiger partial charge in [-0.3, -0.25) is 4.79 Å². The van der Waals surface area contributed by atoms with E-state index in [1.165, 1.54) is 51.4 Å². The molecule has 0 aliphatic rings. The standard InChI is InChI=1S/C17H35NO3/c1-2-3-4-5-6-7-8-9-10-12-17(20)18-13-11-15-21-16-14-19/h19H,2-16H2,1H3,(H,18,20). The Kier molecular flexibility index (Phi) is 16.9. The summed E-state index contributed by atoms with van der Waals surface area (Å²) in [6.45, 7) is 3.95. The van der Waals surface area contributed by atoms with Gasteiger partial charge in [0, 0.05) is 19.6 Å². The van der Waals surface area contributed by atoms with Crippen LogP contribution < -0.4 is 5.32 Å². The van der Waals surface area contributed by atoms with E-state index in [2.05, 4.69) is 12.2 Å². The number of ether oxygens (including phenoxy) is 1. The molecule has 4 heteroatoms. The predicted octanol–water partition coefficient (Wildman–Crippen LogP) is 3.42. The monoisotopic (exact) mass is 301 g/mol. The Morgan fingerprint density at radius 2 is 1.52 bits per heavy atom. The molecule has 0 unspecified atom stereocenters. The molecule has 0 aliphatic carbocycles. The second-order valence-corrected chi connectivity index (χ2v) is 5.62. The maximum Gasteiger partial charge on any atom is 0.219 e. The molecule has 0 fully saturated rings. The Bertz CT molecular complexity index is 222. The van der Waals surface area contributed by atoms with E-state index in [0.717, 1.165) is 12.8 Å². The number of carbonyl (C=O) groups is 1. The molecule has 0 heterocycles. The molecule has 0 atom stereocenters. The molecule has 0 saturated heterocycles. The fraction of sp³-hybridized carbons (Fsp3) is 0.941. The zero-order chi connectivity index (χ0) is 15.6. The number of hydrogen-bond donors (Lipinski definition) is 2. The van der Waals surface area contributed by atoms with Gasteiger partial charge in [-0.1, -0.05) is 58.3 Å². The third-order valence-electron chi connectivity index (χ3n) is 3.53. The number of amides is 1. The van der Waals surface area contributed by atoms with Crippen molar-refractivity contribution >= 4 is 5.91 Å². The Labute approximate surface area is 130 Å². The van der Waals surface area contributed by atoms with E-state index in [1.807, 2.05) is 0 Å². The Morgan fingerprint density at radius 3 is 2.14 bits per heavy atom. The quantitative estimate of drug-likeness (QED) is 0.429. The molecule has 0 bridgehead atoms. The highest BCUT2D eigenvalue weighted by Crippen LogP contribution is 2.10. The summed E-state index contributed by atoms with van der Waals surface area (Å²) in [5.41, 5.74) is 0. The van der Waals surface area contributed by atoms with Crippen LogP contribution >= 0.6 is 0 Å². The topological polar surface area (TPSA) is 58.6 Å². The van der Waals surface area contributed by atoms with Crippen LogP contribution in [0.5, 0.6) is 0 Å². The zero-order valence-electron chi connectivity index (χ0n) is 13.9. The van der Waals surface area contributed by atoms with Crippen molar-refractivity contribution in [2.45, 2.75) is 77.6 Å². The third-order valence-corrected chi connectivity index (χ3v) is 3.53. The molecule has 2 N–H and O–H groups in total. The lowest BCUT2D eigenvalue weighted by Gasteiger charge is -2.06. The van der Waals surface area contributed by atoms with Crippen molar-refractivity contribution in [1.82, 2.24) is 5.32 Å². The van der Waals surface area contributed by atoms with Gasteiger partial charge >= 0.3 is 0 Å². The number of unbranched alkanes of at least 4 members (excludes halogenated alkanes) is 8. The summed E-state index contributed by atoms with van der Waals surface area (Å²) in [6.07, 6.45) is 13.0. The Hall–Kier alpha value is -0.610. The van der Waals surface area contributed by atoms with E-state index >= 15 is 0 Å².